The number of amides is 2. The van der Waals surface area contributed by atoms with Crippen molar-refractivity contribution in [3.05, 3.63) is 95.4 Å². The van der Waals surface area contributed by atoms with E-state index >= 15 is 0 Å². The van der Waals surface area contributed by atoms with Gasteiger partial charge in [-0.15, -0.1) is 0 Å². The molecule has 0 saturated heterocycles. The third-order valence-corrected chi connectivity index (χ3v) is 6.04. The highest BCUT2D eigenvalue weighted by Crippen LogP contribution is 2.20. The SMILES string of the molecule is COc1cccc(C(=O)NCCC(Cc2ccccc2)N(C)C(=O)c2c(C)nn3ccccc23)n1. The van der Waals surface area contributed by atoms with Crippen molar-refractivity contribution >= 4 is 17.3 Å². The molecule has 0 bridgehead atoms. The fourth-order valence-corrected chi connectivity index (χ4v) is 4.14. The summed E-state index contributed by atoms with van der Waals surface area (Å²) in [5, 5.41) is 7.41. The largest absolute Gasteiger partial charge is 0.481 e. The first-order valence-electron chi connectivity index (χ1n) is 11.5. The van der Waals surface area contributed by atoms with Crippen LogP contribution in [0.3, 0.4) is 0 Å². The van der Waals surface area contributed by atoms with Gasteiger partial charge < -0.3 is 15.0 Å². The number of hydrogen-bond donors (Lipinski definition) is 1. The minimum absolute atomic E-state index is 0.0922. The third-order valence-electron chi connectivity index (χ3n) is 6.04. The molecule has 0 radical (unpaired) electrons. The second kappa shape index (κ2) is 10.8. The van der Waals surface area contributed by atoms with Gasteiger partial charge in [0.15, 0.2) is 0 Å². The lowest BCUT2D eigenvalue weighted by atomic mass is 10.0. The van der Waals surface area contributed by atoms with Gasteiger partial charge >= 0.3 is 0 Å². The number of fused-ring (bicyclic) bond motifs is 1. The Morgan fingerprint density at radius 2 is 1.83 bits per heavy atom. The molecule has 180 valence electrons. The van der Waals surface area contributed by atoms with E-state index in [1.807, 2.05) is 68.7 Å². The normalized spacial score (nSPS) is 11.7. The van der Waals surface area contributed by atoms with Crippen molar-refractivity contribution in [2.45, 2.75) is 25.8 Å². The van der Waals surface area contributed by atoms with E-state index in [0.717, 1.165) is 11.1 Å². The fourth-order valence-electron chi connectivity index (χ4n) is 4.14. The molecule has 2 amide bonds. The van der Waals surface area contributed by atoms with Gasteiger partial charge in [0, 0.05) is 31.9 Å². The predicted molar refractivity (Wildman–Crippen MR) is 134 cm³/mol. The van der Waals surface area contributed by atoms with Crippen LogP contribution in [0.5, 0.6) is 5.88 Å². The zero-order valence-electron chi connectivity index (χ0n) is 20.1. The number of carbonyl (C=O) groups is 2. The number of likely N-dealkylation sites (N-methyl/N-ethyl adjacent to an activating group) is 1. The standard InChI is InChI=1S/C27H29N5O3/c1-19-25(23-13-7-8-17-32(23)30-19)27(34)31(2)21(18-20-10-5-4-6-11-20)15-16-28-26(33)22-12-9-14-24(29-22)35-3/h4-14,17,21H,15-16,18H2,1-3H3,(H,28,33). The highest BCUT2D eigenvalue weighted by molar-refractivity contribution is 6.02. The molecule has 4 aromatic rings. The number of nitrogens with zero attached hydrogens (tertiary/aromatic N) is 4. The number of carbonyl (C=O) groups excluding carboxylic acids is 2. The van der Waals surface area contributed by atoms with E-state index in [1.165, 1.54) is 7.11 Å². The van der Waals surface area contributed by atoms with Crippen LogP contribution >= 0.6 is 0 Å². The number of pyridine rings is 2. The van der Waals surface area contributed by atoms with Gasteiger partial charge in [0.2, 0.25) is 5.88 Å². The van der Waals surface area contributed by atoms with Crippen LogP contribution in [-0.4, -0.2) is 58.1 Å². The van der Waals surface area contributed by atoms with Crippen molar-refractivity contribution in [1.29, 1.82) is 0 Å². The Bertz CT molecular complexity index is 1320. The molecule has 0 aliphatic heterocycles. The Hall–Kier alpha value is -4.20. The molecule has 1 N–H and O–H groups in total. The first-order chi connectivity index (χ1) is 17.0. The Labute approximate surface area is 204 Å². The monoisotopic (exact) mass is 471 g/mol. The molecule has 0 aliphatic carbocycles. The van der Waals surface area contributed by atoms with Crippen LogP contribution in [0, 0.1) is 6.92 Å². The molecule has 8 heteroatoms. The first kappa shape index (κ1) is 23.9. The molecular weight excluding hydrogens is 442 g/mol. The zero-order chi connectivity index (χ0) is 24.8. The molecule has 0 spiro atoms. The quantitative estimate of drug-likeness (QED) is 0.403. The highest BCUT2D eigenvalue weighted by atomic mass is 16.5. The average molecular weight is 472 g/mol. The van der Waals surface area contributed by atoms with Crippen LogP contribution in [0.25, 0.3) is 5.52 Å². The summed E-state index contributed by atoms with van der Waals surface area (Å²) in [6.45, 7) is 2.24. The number of rotatable bonds is 9. The summed E-state index contributed by atoms with van der Waals surface area (Å²) in [6, 6.07) is 20.6. The molecule has 0 fully saturated rings. The molecule has 4 rings (SSSR count). The number of methoxy groups -OCH3 is 1. The zero-order valence-corrected chi connectivity index (χ0v) is 20.1. The maximum absolute atomic E-state index is 13.6. The average Bonchev–Trinajstić information content (AvgIpc) is 3.23. The van der Waals surface area contributed by atoms with Crippen molar-refractivity contribution in [1.82, 2.24) is 24.8 Å². The van der Waals surface area contributed by atoms with E-state index < -0.39 is 0 Å². The van der Waals surface area contributed by atoms with Crippen molar-refractivity contribution in [3.63, 3.8) is 0 Å². The number of ether oxygens (including phenoxy) is 1. The fraction of sp³-hybridized carbons (Fsp3) is 0.259. The smallest absolute Gasteiger partial charge is 0.270 e. The molecular formula is C27H29N5O3. The summed E-state index contributed by atoms with van der Waals surface area (Å²) in [5.74, 6) is 0.00828. The summed E-state index contributed by atoms with van der Waals surface area (Å²) >= 11 is 0. The maximum atomic E-state index is 13.6. The van der Waals surface area contributed by atoms with Gasteiger partial charge in [-0.25, -0.2) is 9.50 Å². The lowest BCUT2D eigenvalue weighted by molar-refractivity contribution is 0.0724. The molecule has 0 saturated carbocycles. The van der Waals surface area contributed by atoms with E-state index in [9.17, 15) is 9.59 Å². The van der Waals surface area contributed by atoms with Gasteiger partial charge in [-0.1, -0.05) is 42.5 Å². The first-order valence-corrected chi connectivity index (χ1v) is 11.5. The van der Waals surface area contributed by atoms with Crippen molar-refractivity contribution in [2.24, 2.45) is 0 Å². The maximum Gasteiger partial charge on any atom is 0.270 e. The van der Waals surface area contributed by atoms with Gasteiger partial charge in [0.1, 0.15) is 5.69 Å². The molecule has 1 aromatic carbocycles. The molecule has 35 heavy (non-hydrogen) atoms. The van der Waals surface area contributed by atoms with E-state index in [1.54, 1.807) is 27.6 Å². The summed E-state index contributed by atoms with van der Waals surface area (Å²) < 4.78 is 6.83. The summed E-state index contributed by atoms with van der Waals surface area (Å²) in [5.41, 5.74) is 3.46. The van der Waals surface area contributed by atoms with Gasteiger partial charge in [0.25, 0.3) is 11.8 Å². The molecule has 0 aliphatic rings. The van der Waals surface area contributed by atoms with E-state index in [2.05, 4.69) is 15.4 Å². The predicted octanol–water partition coefficient (Wildman–Crippen LogP) is 3.55. The van der Waals surface area contributed by atoms with Crippen LogP contribution in [0.4, 0.5) is 0 Å². The molecule has 3 aromatic heterocycles. The van der Waals surface area contributed by atoms with Crippen LogP contribution in [-0.2, 0) is 6.42 Å². The van der Waals surface area contributed by atoms with Crippen LogP contribution in [0.2, 0.25) is 0 Å². The summed E-state index contributed by atoms with van der Waals surface area (Å²) in [6.07, 6.45) is 3.07. The summed E-state index contributed by atoms with van der Waals surface area (Å²) in [4.78, 5) is 32.2. The molecule has 1 unspecified atom stereocenters. The van der Waals surface area contributed by atoms with Crippen molar-refractivity contribution in [2.75, 3.05) is 20.7 Å². The number of hydrogen-bond acceptors (Lipinski definition) is 5. The molecule has 1 atom stereocenters. The lowest BCUT2D eigenvalue weighted by Gasteiger charge is -2.29. The van der Waals surface area contributed by atoms with Crippen LogP contribution in [0.1, 0.15) is 38.5 Å². The number of aromatic nitrogens is 3. The topological polar surface area (TPSA) is 88.8 Å². The van der Waals surface area contributed by atoms with E-state index in [-0.39, 0.29) is 23.6 Å². The van der Waals surface area contributed by atoms with E-state index in [4.69, 9.17) is 4.74 Å². The van der Waals surface area contributed by atoms with Crippen molar-refractivity contribution in [3.8, 4) is 5.88 Å². The Kier molecular flexibility index (Phi) is 7.40. The van der Waals surface area contributed by atoms with E-state index in [0.29, 0.717) is 36.5 Å². The Morgan fingerprint density at radius 1 is 1.06 bits per heavy atom. The number of nitrogens with one attached hydrogen (secondary N) is 1. The Morgan fingerprint density at radius 3 is 2.60 bits per heavy atom. The van der Waals surface area contributed by atoms with Crippen LogP contribution in [0.15, 0.2) is 72.9 Å². The third kappa shape index (κ3) is 5.48. The molecule has 3 heterocycles. The lowest BCUT2D eigenvalue weighted by Crippen LogP contribution is -2.41. The highest BCUT2D eigenvalue weighted by Gasteiger charge is 2.26. The summed E-state index contributed by atoms with van der Waals surface area (Å²) in [7, 11) is 3.32. The second-order valence-electron chi connectivity index (χ2n) is 8.36. The number of aryl methyl sites for hydroxylation is 1. The van der Waals surface area contributed by atoms with Gasteiger partial charge in [-0.3, -0.25) is 9.59 Å². The number of benzene rings is 1. The second-order valence-corrected chi connectivity index (χ2v) is 8.36. The Balaban J connectivity index is 1.51. The minimum atomic E-state index is -0.283. The van der Waals surface area contributed by atoms with Crippen LogP contribution < -0.4 is 10.1 Å². The molecule has 8 nitrogen and oxygen atoms in total. The van der Waals surface area contributed by atoms with Gasteiger partial charge in [-0.2, -0.15) is 5.10 Å². The minimum Gasteiger partial charge on any atom is -0.481 e. The van der Waals surface area contributed by atoms with Gasteiger partial charge in [0.05, 0.1) is 23.9 Å². The van der Waals surface area contributed by atoms with Crippen molar-refractivity contribution < 1.29 is 14.3 Å². The van der Waals surface area contributed by atoms with Gasteiger partial charge in [-0.05, 0) is 43.5 Å².